The van der Waals surface area contributed by atoms with Crippen molar-refractivity contribution < 1.29 is 4.79 Å². The standard InChI is InChI=1S/C15H13Cl2NO/c1-15(18,11-5-3-2-4-6-11)14(19)10-7-8-12(16)13(17)9-10/h2-9H,18H2,1H3. The molecule has 2 N–H and O–H groups in total. The SMILES string of the molecule is CC(N)(C(=O)c1ccc(Cl)c(Cl)c1)c1ccccc1. The molecule has 4 heteroatoms. The average molecular weight is 294 g/mol. The Morgan fingerprint density at radius 2 is 1.68 bits per heavy atom. The lowest BCUT2D eigenvalue weighted by atomic mass is 9.85. The molecule has 0 saturated carbocycles. The van der Waals surface area contributed by atoms with Crippen molar-refractivity contribution in [2.75, 3.05) is 0 Å². The van der Waals surface area contributed by atoms with Crippen LogP contribution in [0.15, 0.2) is 48.5 Å². The third-order valence-corrected chi connectivity index (χ3v) is 3.77. The lowest BCUT2D eigenvalue weighted by molar-refractivity contribution is 0.0900. The van der Waals surface area contributed by atoms with Crippen LogP contribution in [0.5, 0.6) is 0 Å². The van der Waals surface area contributed by atoms with E-state index >= 15 is 0 Å². The van der Waals surface area contributed by atoms with Gasteiger partial charge in [0, 0.05) is 5.56 Å². The highest BCUT2D eigenvalue weighted by atomic mass is 35.5. The molecule has 0 radical (unpaired) electrons. The first-order valence-electron chi connectivity index (χ1n) is 5.77. The maximum Gasteiger partial charge on any atom is 0.186 e. The molecule has 0 amide bonds. The molecule has 0 aliphatic heterocycles. The fourth-order valence-electron chi connectivity index (χ4n) is 1.85. The van der Waals surface area contributed by atoms with Crippen LogP contribution in [0, 0.1) is 0 Å². The summed E-state index contributed by atoms with van der Waals surface area (Å²) in [7, 11) is 0. The van der Waals surface area contributed by atoms with Crippen molar-refractivity contribution in [1.82, 2.24) is 0 Å². The van der Waals surface area contributed by atoms with Crippen LogP contribution in [0.25, 0.3) is 0 Å². The highest BCUT2D eigenvalue weighted by Gasteiger charge is 2.31. The number of hydrogen-bond acceptors (Lipinski definition) is 2. The number of hydrogen-bond donors (Lipinski definition) is 1. The van der Waals surface area contributed by atoms with Gasteiger partial charge in [0.05, 0.1) is 10.0 Å². The van der Waals surface area contributed by atoms with Crippen LogP contribution >= 0.6 is 23.2 Å². The normalized spacial score (nSPS) is 13.9. The summed E-state index contributed by atoms with van der Waals surface area (Å²) < 4.78 is 0. The minimum absolute atomic E-state index is 0.197. The van der Waals surface area contributed by atoms with Gasteiger partial charge in [0.15, 0.2) is 5.78 Å². The third kappa shape index (κ3) is 2.81. The van der Waals surface area contributed by atoms with Crippen LogP contribution in [-0.2, 0) is 5.54 Å². The van der Waals surface area contributed by atoms with Gasteiger partial charge in [-0.3, -0.25) is 4.79 Å². The van der Waals surface area contributed by atoms with E-state index in [0.717, 1.165) is 5.56 Å². The van der Waals surface area contributed by atoms with Crippen LogP contribution in [0.1, 0.15) is 22.8 Å². The Morgan fingerprint density at radius 3 is 2.26 bits per heavy atom. The van der Waals surface area contributed by atoms with Gasteiger partial charge in [-0.05, 0) is 30.7 Å². The van der Waals surface area contributed by atoms with Crippen LogP contribution in [0.4, 0.5) is 0 Å². The molecule has 2 nitrogen and oxygen atoms in total. The lowest BCUT2D eigenvalue weighted by Crippen LogP contribution is -2.41. The van der Waals surface area contributed by atoms with Crippen LogP contribution in [0.2, 0.25) is 10.0 Å². The van der Waals surface area contributed by atoms with Gasteiger partial charge in [-0.2, -0.15) is 0 Å². The number of benzene rings is 2. The molecule has 19 heavy (non-hydrogen) atoms. The van der Waals surface area contributed by atoms with E-state index in [1.165, 1.54) is 0 Å². The van der Waals surface area contributed by atoms with Gasteiger partial charge in [-0.1, -0.05) is 53.5 Å². The minimum Gasteiger partial charge on any atom is -0.315 e. The highest BCUT2D eigenvalue weighted by Crippen LogP contribution is 2.27. The van der Waals surface area contributed by atoms with Crippen molar-refractivity contribution in [3.63, 3.8) is 0 Å². The highest BCUT2D eigenvalue weighted by molar-refractivity contribution is 6.42. The van der Waals surface area contributed by atoms with Crippen LogP contribution in [0.3, 0.4) is 0 Å². The molecule has 2 rings (SSSR count). The van der Waals surface area contributed by atoms with Crippen LogP contribution in [-0.4, -0.2) is 5.78 Å². The van der Waals surface area contributed by atoms with E-state index in [9.17, 15) is 4.79 Å². The van der Waals surface area contributed by atoms with Crippen molar-refractivity contribution in [2.24, 2.45) is 5.73 Å². The molecule has 98 valence electrons. The topological polar surface area (TPSA) is 43.1 Å². The molecular formula is C15H13Cl2NO. The quantitative estimate of drug-likeness (QED) is 0.868. The molecule has 0 bridgehead atoms. The van der Waals surface area contributed by atoms with Crippen molar-refractivity contribution >= 4 is 29.0 Å². The van der Waals surface area contributed by atoms with E-state index in [1.54, 1.807) is 25.1 Å². The monoisotopic (exact) mass is 293 g/mol. The average Bonchev–Trinajstić information content (AvgIpc) is 2.42. The molecule has 0 spiro atoms. The zero-order chi connectivity index (χ0) is 14.0. The zero-order valence-corrected chi connectivity index (χ0v) is 11.9. The van der Waals surface area contributed by atoms with E-state index in [-0.39, 0.29) is 5.78 Å². The molecule has 0 fully saturated rings. The van der Waals surface area contributed by atoms with Gasteiger partial charge < -0.3 is 5.73 Å². The predicted molar refractivity (Wildman–Crippen MR) is 78.8 cm³/mol. The summed E-state index contributed by atoms with van der Waals surface area (Å²) in [6, 6.07) is 14.0. The predicted octanol–water partition coefficient (Wildman–Crippen LogP) is 4.05. The first-order valence-corrected chi connectivity index (χ1v) is 6.53. The number of nitrogens with two attached hydrogens (primary N) is 1. The Balaban J connectivity index is 2.40. The second-order valence-electron chi connectivity index (χ2n) is 4.53. The summed E-state index contributed by atoms with van der Waals surface area (Å²) in [5.41, 5.74) is 6.28. The van der Waals surface area contributed by atoms with Gasteiger partial charge in [0.1, 0.15) is 5.54 Å². The molecule has 2 aromatic rings. The Morgan fingerprint density at radius 1 is 1.05 bits per heavy atom. The fraction of sp³-hybridized carbons (Fsp3) is 0.133. The second-order valence-corrected chi connectivity index (χ2v) is 5.34. The van der Waals surface area contributed by atoms with Gasteiger partial charge in [-0.25, -0.2) is 0 Å². The van der Waals surface area contributed by atoms with Crippen molar-refractivity contribution in [1.29, 1.82) is 0 Å². The zero-order valence-electron chi connectivity index (χ0n) is 10.4. The van der Waals surface area contributed by atoms with E-state index in [4.69, 9.17) is 28.9 Å². The summed E-state index contributed by atoms with van der Waals surface area (Å²) in [6.45, 7) is 1.69. The van der Waals surface area contributed by atoms with Gasteiger partial charge >= 0.3 is 0 Å². The molecule has 0 aliphatic carbocycles. The Bertz CT molecular complexity index is 609. The van der Waals surface area contributed by atoms with Gasteiger partial charge in [-0.15, -0.1) is 0 Å². The first-order chi connectivity index (χ1) is 8.93. The molecule has 2 aromatic carbocycles. The molecular weight excluding hydrogens is 281 g/mol. The number of ketones is 1. The lowest BCUT2D eigenvalue weighted by Gasteiger charge is -2.23. The first kappa shape index (κ1) is 14.1. The Labute approximate surface area is 122 Å². The number of carbonyl (C=O) groups is 1. The summed E-state index contributed by atoms with van der Waals surface area (Å²) >= 11 is 11.8. The van der Waals surface area contributed by atoms with Crippen molar-refractivity contribution in [3.8, 4) is 0 Å². The van der Waals surface area contributed by atoms with Crippen molar-refractivity contribution in [2.45, 2.75) is 12.5 Å². The summed E-state index contributed by atoms with van der Waals surface area (Å²) in [6.07, 6.45) is 0. The largest absolute Gasteiger partial charge is 0.315 e. The molecule has 1 atom stereocenters. The van der Waals surface area contributed by atoms with Crippen LogP contribution < -0.4 is 5.73 Å². The van der Waals surface area contributed by atoms with E-state index in [2.05, 4.69) is 0 Å². The molecule has 1 unspecified atom stereocenters. The van der Waals surface area contributed by atoms with E-state index < -0.39 is 5.54 Å². The number of halogens is 2. The molecule has 0 saturated heterocycles. The maximum absolute atomic E-state index is 12.5. The van der Waals surface area contributed by atoms with Crippen molar-refractivity contribution in [3.05, 3.63) is 69.7 Å². The molecule has 0 aliphatic rings. The minimum atomic E-state index is -1.10. The molecule has 0 aromatic heterocycles. The number of Topliss-reactive ketones (excluding diaryl/α,β-unsaturated/α-hetero) is 1. The Kier molecular flexibility index (Phi) is 3.95. The second kappa shape index (κ2) is 5.33. The summed E-state index contributed by atoms with van der Waals surface area (Å²) in [5, 5.41) is 0.757. The van der Waals surface area contributed by atoms with E-state index in [0.29, 0.717) is 15.6 Å². The summed E-state index contributed by atoms with van der Waals surface area (Å²) in [5.74, 6) is -0.197. The Hall–Kier alpha value is -1.35. The van der Waals surface area contributed by atoms with Gasteiger partial charge in [0.2, 0.25) is 0 Å². The third-order valence-electron chi connectivity index (χ3n) is 3.03. The summed E-state index contributed by atoms with van der Waals surface area (Å²) in [4.78, 5) is 12.5. The smallest absolute Gasteiger partial charge is 0.186 e. The van der Waals surface area contributed by atoms with Gasteiger partial charge in [0.25, 0.3) is 0 Å². The number of carbonyl (C=O) groups excluding carboxylic acids is 1. The fourth-order valence-corrected chi connectivity index (χ4v) is 2.15. The van der Waals surface area contributed by atoms with E-state index in [1.807, 2.05) is 30.3 Å². The maximum atomic E-state index is 12.5. The molecule has 0 heterocycles. The number of rotatable bonds is 3.